The molecule has 8 rings (SSSR count). The van der Waals surface area contributed by atoms with Crippen molar-refractivity contribution in [1.82, 2.24) is 9.55 Å². The molecule has 0 saturated carbocycles. The van der Waals surface area contributed by atoms with Crippen LogP contribution in [0.1, 0.15) is 53.4 Å². The first-order valence-corrected chi connectivity index (χ1v) is 21.0. The van der Waals surface area contributed by atoms with E-state index in [1.54, 1.807) is 0 Å². The molecule has 0 fully saturated rings. The molecule has 2 aromatic heterocycles. The number of imidazole rings is 1. The van der Waals surface area contributed by atoms with Crippen molar-refractivity contribution in [3.63, 3.8) is 0 Å². The molecule has 50 heavy (non-hydrogen) atoms. The van der Waals surface area contributed by atoms with Gasteiger partial charge in [-0.2, -0.15) is 0 Å². The summed E-state index contributed by atoms with van der Waals surface area (Å²) < 4.78 is 28.2. The number of hydrogen-bond donors (Lipinski definition) is 0. The largest absolute Gasteiger partial charge is 0.455 e. The Morgan fingerprint density at radius 3 is 1.88 bits per heavy atom. The van der Waals surface area contributed by atoms with E-state index in [1.165, 1.54) is 5.19 Å². The van der Waals surface area contributed by atoms with Crippen molar-refractivity contribution in [2.75, 3.05) is 0 Å². The monoisotopic (exact) mass is 670 g/mol. The molecular weight excluding hydrogens is 625 g/mol. The van der Waals surface area contributed by atoms with E-state index in [1.807, 2.05) is 52.0 Å². The molecule has 0 radical (unpaired) electrons. The van der Waals surface area contributed by atoms with Gasteiger partial charge in [-0.1, -0.05) is 137 Å². The predicted octanol–water partition coefficient (Wildman–Crippen LogP) is 12.7. The molecule has 0 amide bonds. The number of hydrogen-bond acceptors (Lipinski definition) is 2. The topological polar surface area (TPSA) is 31.0 Å². The highest BCUT2D eigenvalue weighted by Crippen LogP contribution is 2.43. The minimum Gasteiger partial charge on any atom is -0.455 e. The first-order chi connectivity index (χ1) is 24.7. The molecule has 248 valence electrons. The van der Waals surface area contributed by atoms with Crippen LogP contribution in [0.4, 0.5) is 0 Å². The molecule has 0 unspecified atom stereocenters. The van der Waals surface area contributed by atoms with Gasteiger partial charge in [-0.25, -0.2) is 4.98 Å². The molecule has 0 saturated heterocycles. The summed E-state index contributed by atoms with van der Waals surface area (Å²) in [5.41, 5.74) is 11.1. The number of aromatic nitrogens is 2. The van der Waals surface area contributed by atoms with E-state index in [-0.39, 0.29) is 0 Å². The van der Waals surface area contributed by atoms with Crippen LogP contribution >= 0.6 is 0 Å². The minimum atomic E-state index is -1.73. The van der Waals surface area contributed by atoms with E-state index in [0.29, 0.717) is 0 Å². The number of furan rings is 1. The van der Waals surface area contributed by atoms with E-state index in [0.717, 1.165) is 83.4 Å². The number of benzene rings is 6. The molecule has 6 aromatic carbocycles. The zero-order valence-electron chi connectivity index (χ0n) is 31.9. The van der Waals surface area contributed by atoms with Gasteiger partial charge in [-0.15, -0.1) is 0 Å². The van der Waals surface area contributed by atoms with Crippen LogP contribution in [0, 0.1) is 0 Å². The van der Waals surface area contributed by atoms with Crippen LogP contribution in [0.25, 0.3) is 72.3 Å². The summed E-state index contributed by atoms with van der Waals surface area (Å²) in [6.45, 7) is 14.9. The molecule has 8 aromatic rings. The van der Waals surface area contributed by atoms with Crippen molar-refractivity contribution < 1.29 is 7.16 Å². The summed E-state index contributed by atoms with van der Waals surface area (Å²) in [7, 11) is -1.73. The second kappa shape index (κ2) is 12.3. The molecule has 4 heteroatoms. The van der Waals surface area contributed by atoms with Gasteiger partial charge in [0.15, 0.2) is 0 Å². The Bertz CT molecular complexity index is 2580. The van der Waals surface area contributed by atoms with Crippen LogP contribution in [-0.2, 0) is 0 Å². The van der Waals surface area contributed by atoms with Crippen LogP contribution < -0.4 is 5.19 Å². The smallest absolute Gasteiger partial charge is 0.149 e. The van der Waals surface area contributed by atoms with Crippen molar-refractivity contribution in [2.24, 2.45) is 0 Å². The highest BCUT2D eigenvalue weighted by molar-refractivity contribution is 6.88. The number of rotatable bonds is 7. The Balaban J connectivity index is 1.49. The summed E-state index contributed by atoms with van der Waals surface area (Å²) in [5.74, 6) is -1.26. The molecule has 0 aliphatic rings. The molecule has 0 aliphatic carbocycles. The predicted molar refractivity (Wildman–Crippen MR) is 216 cm³/mol. The third-order valence-electron chi connectivity index (χ3n) is 9.89. The summed E-state index contributed by atoms with van der Waals surface area (Å²) in [6.07, 6.45) is 0. The highest BCUT2D eigenvalue weighted by Gasteiger charge is 2.27. The van der Waals surface area contributed by atoms with Gasteiger partial charge in [0.2, 0.25) is 0 Å². The summed E-state index contributed by atoms with van der Waals surface area (Å²) in [6, 6.07) is 44.4. The Hall–Kier alpha value is -5.19. The molecule has 2 heterocycles. The van der Waals surface area contributed by atoms with Crippen LogP contribution in [0.5, 0.6) is 0 Å². The van der Waals surface area contributed by atoms with Gasteiger partial charge in [-0.05, 0) is 87.6 Å². The Morgan fingerprint density at radius 2 is 1.26 bits per heavy atom. The maximum absolute atomic E-state index is 9.59. The van der Waals surface area contributed by atoms with Crippen LogP contribution in [0.15, 0.2) is 132 Å². The van der Waals surface area contributed by atoms with Crippen molar-refractivity contribution >= 4 is 46.2 Å². The number of para-hydroxylation sites is 1. The van der Waals surface area contributed by atoms with Gasteiger partial charge in [-0.3, -0.25) is 4.57 Å². The Labute approximate surface area is 299 Å². The van der Waals surface area contributed by atoms with Gasteiger partial charge in [0.1, 0.15) is 17.0 Å². The molecule has 0 bridgehead atoms. The SMILES string of the molecule is [2H]C(C)(C)c1cc(-c2ccccc2)cc(C([2H])(C)C)c1-n1c(-c2cccc3c2oc2cc(-c4ccccc4)ccc23)nc2ccc([Si](C)(C)C)cc21. The Morgan fingerprint density at radius 1 is 0.620 bits per heavy atom. The zero-order valence-corrected chi connectivity index (χ0v) is 30.9. The normalized spacial score (nSPS) is 13.3. The van der Waals surface area contributed by atoms with Gasteiger partial charge < -0.3 is 4.42 Å². The van der Waals surface area contributed by atoms with Crippen molar-refractivity contribution in [1.29, 1.82) is 0 Å². The summed E-state index contributed by atoms with van der Waals surface area (Å²) >= 11 is 0. The molecule has 0 aliphatic heterocycles. The quantitative estimate of drug-likeness (QED) is 0.158. The first-order valence-electron chi connectivity index (χ1n) is 18.5. The lowest BCUT2D eigenvalue weighted by Gasteiger charge is -2.25. The molecule has 3 nitrogen and oxygen atoms in total. The van der Waals surface area contributed by atoms with Gasteiger partial charge in [0.25, 0.3) is 0 Å². The average molecular weight is 671 g/mol. The van der Waals surface area contributed by atoms with Crippen LogP contribution in [0.2, 0.25) is 19.6 Å². The van der Waals surface area contributed by atoms with E-state index in [2.05, 4.69) is 127 Å². The minimum absolute atomic E-state index is 0.735. The fraction of sp³-hybridized carbons (Fsp3) is 0.196. The molecule has 0 N–H and O–H groups in total. The van der Waals surface area contributed by atoms with Gasteiger partial charge >= 0.3 is 0 Å². The second-order valence-corrected chi connectivity index (χ2v) is 19.9. The fourth-order valence-electron chi connectivity index (χ4n) is 7.17. The van der Waals surface area contributed by atoms with Crippen molar-refractivity contribution in [3.05, 3.63) is 139 Å². The lowest BCUT2D eigenvalue weighted by Crippen LogP contribution is -2.37. The lowest BCUT2D eigenvalue weighted by atomic mass is 9.88. The zero-order chi connectivity index (χ0) is 36.6. The van der Waals surface area contributed by atoms with Crippen molar-refractivity contribution in [2.45, 2.75) is 59.1 Å². The Kier molecular flexibility index (Phi) is 7.30. The third-order valence-corrected chi connectivity index (χ3v) is 11.9. The van der Waals surface area contributed by atoms with Crippen LogP contribution in [-0.4, -0.2) is 17.6 Å². The first kappa shape index (κ1) is 29.7. The van der Waals surface area contributed by atoms with E-state index < -0.39 is 19.9 Å². The maximum atomic E-state index is 9.59. The van der Waals surface area contributed by atoms with Gasteiger partial charge in [0, 0.05) is 13.5 Å². The lowest BCUT2D eigenvalue weighted by molar-refractivity contribution is 0.669. The van der Waals surface area contributed by atoms with E-state index >= 15 is 0 Å². The standard InChI is InChI=1S/C46H44N2OSi/c1-29(2)39-25-34(32-17-12-9-13-18-32)26-40(30(3)4)44(39)48-42-28-35(50(5,6)7)22-24-41(42)47-46(48)38-20-14-19-37-36-23-21-33(27-43(36)49-45(37)38)31-15-10-8-11-16-31/h8-30H,1-7H3/i29D,30D. The summed E-state index contributed by atoms with van der Waals surface area (Å²) in [5, 5.41) is 3.39. The maximum Gasteiger partial charge on any atom is 0.149 e. The molecule has 0 spiro atoms. The summed E-state index contributed by atoms with van der Waals surface area (Å²) in [4.78, 5) is 5.39. The molecular formula is C46H44N2OSi. The van der Waals surface area contributed by atoms with Gasteiger partial charge in [0.05, 0.1) is 30.4 Å². The van der Waals surface area contributed by atoms with Crippen molar-refractivity contribution in [3.8, 4) is 39.3 Å². The second-order valence-electron chi connectivity index (χ2n) is 14.9. The molecule has 0 atom stereocenters. The van der Waals surface area contributed by atoms with Crippen LogP contribution in [0.3, 0.4) is 0 Å². The fourth-order valence-corrected chi connectivity index (χ4v) is 8.32. The number of fused-ring (bicyclic) bond motifs is 4. The van der Waals surface area contributed by atoms with E-state index in [4.69, 9.17) is 9.40 Å². The average Bonchev–Trinajstić information content (AvgIpc) is 3.68. The van der Waals surface area contributed by atoms with E-state index in [9.17, 15) is 2.74 Å². The third kappa shape index (κ3) is 5.48. The number of nitrogens with zero attached hydrogens (tertiary/aromatic N) is 2. The highest BCUT2D eigenvalue weighted by atomic mass is 28.3.